The maximum absolute atomic E-state index is 11.1. The van der Waals surface area contributed by atoms with E-state index in [0.29, 0.717) is 23.1 Å². The van der Waals surface area contributed by atoms with Crippen molar-refractivity contribution in [2.45, 2.75) is 0 Å². The molecule has 3 heterocycles. The molecule has 0 atom stereocenters. The van der Waals surface area contributed by atoms with Crippen LogP contribution in [0.2, 0.25) is 0 Å². The predicted octanol–water partition coefficient (Wildman–Crippen LogP) is 3.47. The SMILES string of the molecule is COc1ccnc(-c2ccnc(Nc3ccc4[nH]c(C(=O)O)cc4c3)n2)c1. The third kappa shape index (κ3) is 3.40. The van der Waals surface area contributed by atoms with Gasteiger partial charge < -0.3 is 20.1 Å². The summed E-state index contributed by atoms with van der Waals surface area (Å²) in [5, 5.41) is 13.0. The molecule has 0 fully saturated rings. The molecule has 0 spiro atoms. The Labute approximate surface area is 153 Å². The van der Waals surface area contributed by atoms with Gasteiger partial charge in [-0.3, -0.25) is 4.98 Å². The molecule has 27 heavy (non-hydrogen) atoms. The van der Waals surface area contributed by atoms with Gasteiger partial charge in [0.15, 0.2) is 0 Å². The molecule has 134 valence electrons. The van der Waals surface area contributed by atoms with E-state index < -0.39 is 5.97 Å². The number of fused-ring (bicyclic) bond motifs is 1. The Kier molecular flexibility index (Phi) is 4.13. The Balaban J connectivity index is 1.62. The highest BCUT2D eigenvalue weighted by molar-refractivity contribution is 5.94. The van der Waals surface area contributed by atoms with Crippen molar-refractivity contribution < 1.29 is 14.6 Å². The minimum atomic E-state index is -0.998. The fraction of sp³-hybridized carbons (Fsp3) is 0.0526. The van der Waals surface area contributed by atoms with Gasteiger partial charge in [-0.25, -0.2) is 14.8 Å². The van der Waals surface area contributed by atoms with Crippen LogP contribution in [-0.4, -0.2) is 38.1 Å². The van der Waals surface area contributed by atoms with Gasteiger partial charge in [0.1, 0.15) is 11.4 Å². The number of benzene rings is 1. The number of nitrogens with zero attached hydrogens (tertiary/aromatic N) is 3. The maximum atomic E-state index is 11.1. The monoisotopic (exact) mass is 361 g/mol. The molecule has 3 aromatic heterocycles. The van der Waals surface area contributed by atoms with Crippen LogP contribution in [0.15, 0.2) is 54.9 Å². The van der Waals surface area contributed by atoms with Crippen LogP contribution in [0.5, 0.6) is 5.75 Å². The highest BCUT2D eigenvalue weighted by Gasteiger charge is 2.09. The van der Waals surface area contributed by atoms with Crippen molar-refractivity contribution in [1.82, 2.24) is 19.9 Å². The van der Waals surface area contributed by atoms with Crippen LogP contribution in [0.25, 0.3) is 22.3 Å². The van der Waals surface area contributed by atoms with E-state index in [1.807, 2.05) is 12.1 Å². The lowest BCUT2D eigenvalue weighted by molar-refractivity contribution is 0.0691. The molecule has 0 aliphatic heterocycles. The number of nitrogens with one attached hydrogen (secondary N) is 2. The van der Waals surface area contributed by atoms with Crippen molar-refractivity contribution in [3.05, 3.63) is 60.6 Å². The molecule has 0 amide bonds. The number of carbonyl (C=O) groups is 1. The number of aromatic nitrogens is 4. The second-order valence-electron chi connectivity index (χ2n) is 5.76. The first kappa shape index (κ1) is 16.5. The number of aromatic amines is 1. The molecule has 0 radical (unpaired) electrons. The van der Waals surface area contributed by atoms with Crippen LogP contribution in [0.3, 0.4) is 0 Å². The molecule has 4 aromatic rings. The van der Waals surface area contributed by atoms with Gasteiger partial charge in [-0.2, -0.15) is 0 Å². The average molecular weight is 361 g/mol. The zero-order chi connectivity index (χ0) is 18.8. The van der Waals surface area contributed by atoms with Crippen molar-refractivity contribution in [2.24, 2.45) is 0 Å². The van der Waals surface area contributed by atoms with Crippen molar-refractivity contribution in [2.75, 3.05) is 12.4 Å². The summed E-state index contributed by atoms with van der Waals surface area (Å²) < 4.78 is 5.22. The first-order valence-corrected chi connectivity index (χ1v) is 8.09. The summed E-state index contributed by atoms with van der Waals surface area (Å²) in [6.07, 6.45) is 3.30. The maximum Gasteiger partial charge on any atom is 0.352 e. The standard InChI is InChI=1S/C19H15N5O3/c1-27-13-4-6-20-16(10-13)15-5-7-21-19(24-15)22-12-2-3-14-11(8-12)9-17(23-14)18(25)26/h2-10,23H,1H3,(H,25,26)(H,21,22,24). The molecule has 0 aliphatic rings. The Morgan fingerprint density at radius 3 is 2.74 bits per heavy atom. The highest BCUT2D eigenvalue weighted by atomic mass is 16.5. The average Bonchev–Trinajstić information content (AvgIpc) is 3.12. The number of ether oxygens (including phenoxy) is 1. The fourth-order valence-electron chi connectivity index (χ4n) is 2.69. The number of anilines is 2. The van der Waals surface area contributed by atoms with Gasteiger partial charge in [0.2, 0.25) is 5.95 Å². The van der Waals surface area contributed by atoms with Crippen LogP contribution < -0.4 is 10.1 Å². The van der Waals surface area contributed by atoms with E-state index in [9.17, 15) is 4.79 Å². The topological polar surface area (TPSA) is 113 Å². The van der Waals surface area contributed by atoms with Gasteiger partial charge in [0.25, 0.3) is 0 Å². The van der Waals surface area contributed by atoms with E-state index >= 15 is 0 Å². The zero-order valence-corrected chi connectivity index (χ0v) is 14.3. The lowest BCUT2D eigenvalue weighted by atomic mass is 10.2. The minimum absolute atomic E-state index is 0.143. The number of carboxylic acid groups (broad SMARTS) is 1. The van der Waals surface area contributed by atoms with Gasteiger partial charge in [-0.05, 0) is 36.4 Å². The van der Waals surface area contributed by atoms with E-state index in [-0.39, 0.29) is 5.69 Å². The van der Waals surface area contributed by atoms with E-state index in [0.717, 1.165) is 16.6 Å². The highest BCUT2D eigenvalue weighted by Crippen LogP contribution is 2.24. The van der Waals surface area contributed by atoms with Crippen molar-refractivity contribution >= 4 is 28.5 Å². The largest absolute Gasteiger partial charge is 0.497 e. The molecular weight excluding hydrogens is 346 g/mol. The van der Waals surface area contributed by atoms with Crippen molar-refractivity contribution in [3.63, 3.8) is 0 Å². The number of rotatable bonds is 5. The Morgan fingerprint density at radius 2 is 1.93 bits per heavy atom. The summed E-state index contributed by atoms with van der Waals surface area (Å²) >= 11 is 0. The van der Waals surface area contributed by atoms with Gasteiger partial charge in [-0.1, -0.05) is 0 Å². The molecule has 0 saturated carbocycles. The summed E-state index contributed by atoms with van der Waals surface area (Å²) in [7, 11) is 1.60. The van der Waals surface area contributed by atoms with Gasteiger partial charge in [0.05, 0.1) is 18.5 Å². The molecule has 0 saturated heterocycles. The molecule has 0 aliphatic carbocycles. The first-order chi connectivity index (χ1) is 13.1. The third-order valence-electron chi connectivity index (χ3n) is 3.99. The Hall–Kier alpha value is -3.94. The first-order valence-electron chi connectivity index (χ1n) is 8.09. The predicted molar refractivity (Wildman–Crippen MR) is 100 cm³/mol. The summed E-state index contributed by atoms with van der Waals surface area (Å²) in [6, 6.07) is 12.4. The summed E-state index contributed by atoms with van der Waals surface area (Å²) in [6.45, 7) is 0. The number of carboxylic acids is 1. The molecule has 3 N–H and O–H groups in total. The number of hydrogen-bond donors (Lipinski definition) is 3. The third-order valence-corrected chi connectivity index (χ3v) is 3.99. The second-order valence-corrected chi connectivity index (χ2v) is 5.76. The molecule has 1 aromatic carbocycles. The van der Waals surface area contributed by atoms with Crippen molar-refractivity contribution in [3.8, 4) is 17.1 Å². The molecule has 8 heteroatoms. The summed E-state index contributed by atoms with van der Waals surface area (Å²) in [5.41, 5.74) is 2.96. The van der Waals surface area contributed by atoms with Crippen LogP contribution in [-0.2, 0) is 0 Å². The fourth-order valence-corrected chi connectivity index (χ4v) is 2.69. The van der Waals surface area contributed by atoms with Gasteiger partial charge >= 0.3 is 5.97 Å². The van der Waals surface area contributed by atoms with Crippen LogP contribution >= 0.6 is 0 Å². The van der Waals surface area contributed by atoms with Crippen LogP contribution in [0.4, 0.5) is 11.6 Å². The summed E-state index contributed by atoms with van der Waals surface area (Å²) in [5.74, 6) is 0.105. The number of aromatic carboxylic acids is 1. The summed E-state index contributed by atoms with van der Waals surface area (Å²) in [4.78, 5) is 27.0. The lowest BCUT2D eigenvalue weighted by Gasteiger charge is -2.07. The van der Waals surface area contributed by atoms with Gasteiger partial charge in [-0.15, -0.1) is 0 Å². The second kappa shape index (κ2) is 6.75. The molecule has 8 nitrogen and oxygen atoms in total. The molecule has 4 rings (SSSR count). The van der Waals surface area contributed by atoms with Crippen LogP contribution in [0, 0.1) is 0 Å². The minimum Gasteiger partial charge on any atom is -0.497 e. The van der Waals surface area contributed by atoms with Crippen LogP contribution in [0.1, 0.15) is 10.5 Å². The van der Waals surface area contributed by atoms with E-state index in [4.69, 9.17) is 9.84 Å². The molecule has 0 unspecified atom stereocenters. The Morgan fingerprint density at radius 1 is 1.07 bits per heavy atom. The molecule has 0 bridgehead atoms. The molecular formula is C19H15N5O3. The van der Waals surface area contributed by atoms with E-state index in [1.165, 1.54) is 0 Å². The zero-order valence-electron chi connectivity index (χ0n) is 14.3. The smallest absolute Gasteiger partial charge is 0.352 e. The quantitative estimate of drug-likeness (QED) is 0.499. The number of hydrogen-bond acceptors (Lipinski definition) is 6. The number of H-pyrrole nitrogens is 1. The Bertz CT molecular complexity index is 1140. The van der Waals surface area contributed by atoms with Gasteiger partial charge in [0, 0.05) is 35.1 Å². The van der Waals surface area contributed by atoms with E-state index in [2.05, 4.69) is 25.3 Å². The normalized spacial score (nSPS) is 10.7. The van der Waals surface area contributed by atoms with Crippen molar-refractivity contribution in [1.29, 1.82) is 0 Å². The van der Waals surface area contributed by atoms with E-state index in [1.54, 1.807) is 49.8 Å². The lowest BCUT2D eigenvalue weighted by Crippen LogP contribution is -1.98. The number of methoxy groups -OCH3 is 1. The number of pyridine rings is 1.